The minimum Gasteiger partial charge on any atom is -0.339 e. The highest BCUT2D eigenvalue weighted by molar-refractivity contribution is 4.95. The molecule has 0 bridgehead atoms. The number of rotatable bonds is 4. The number of alkyl halides is 3. The summed E-state index contributed by atoms with van der Waals surface area (Å²) in [4.78, 5) is 3.37. The van der Waals surface area contributed by atoms with E-state index < -0.39 is 12.0 Å². The van der Waals surface area contributed by atoms with Crippen LogP contribution in [0.15, 0.2) is 4.52 Å². The van der Waals surface area contributed by atoms with Crippen LogP contribution in [0.25, 0.3) is 0 Å². The molecule has 1 unspecified atom stereocenters. The molecule has 0 saturated heterocycles. The third kappa shape index (κ3) is 3.97. The van der Waals surface area contributed by atoms with Crippen LogP contribution in [0.4, 0.5) is 13.2 Å². The highest BCUT2D eigenvalue weighted by Crippen LogP contribution is 2.27. The third-order valence-corrected chi connectivity index (χ3v) is 2.60. The topological polar surface area (TPSA) is 51.0 Å². The molecule has 0 aliphatic carbocycles. The summed E-state index contributed by atoms with van der Waals surface area (Å²) in [7, 11) is 0. The minimum absolute atomic E-state index is 0.00296. The van der Waals surface area contributed by atoms with Crippen LogP contribution >= 0.6 is 0 Å². The molecule has 18 heavy (non-hydrogen) atoms. The Morgan fingerprint density at radius 2 is 1.89 bits per heavy atom. The molecule has 1 aromatic heterocycles. The molecule has 0 radical (unpaired) electrons. The SMILES string of the molecule is CCNC(Cc1nc(C(F)(F)F)no1)C(C)(C)C. The van der Waals surface area contributed by atoms with Gasteiger partial charge in [0, 0.05) is 12.5 Å². The van der Waals surface area contributed by atoms with Crippen LogP contribution in [-0.2, 0) is 12.6 Å². The van der Waals surface area contributed by atoms with Crippen molar-refractivity contribution in [3.05, 3.63) is 11.7 Å². The van der Waals surface area contributed by atoms with Crippen LogP contribution in [-0.4, -0.2) is 22.7 Å². The maximum absolute atomic E-state index is 12.3. The Balaban J connectivity index is 2.79. The second kappa shape index (κ2) is 5.26. The Morgan fingerprint density at radius 3 is 2.28 bits per heavy atom. The van der Waals surface area contributed by atoms with E-state index in [1.165, 1.54) is 0 Å². The van der Waals surface area contributed by atoms with E-state index in [0.717, 1.165) is 6.54 Å². The second-order valence-electron chi connectivity index (χ2n) is 5.19. The lowest BCUT2D eigenvalue weighted by molar-refractivity contribution is -0.146. The summed E-state index contributed by atoms with van der Waals surface area (Å²) in [5.41, 5.74) is -0.108. The number of aromatic nitrogens is 2. The summed E-state index contributed by atoms with van der Waals surface area (Å²) >= 11 is 0. The summed E-state index contributed by atoms with van der Waals surface area (Å²) in [5, 5.41) is 6.15. The van der Waals surface area contributed by atoms with Crippen molar-refractivity contribution in [1.29, 1.82) is 0 Å². The molecular weight excluding hydrogens is 247 g/mol. The van der Waals surface area contributed by atoms with E-state index in [-0.39, 0.29) is 23.8 Å². The van der Waals surface area contributed by atoms with Gasteiger partial charge in [-0.2, -0.15) is 18.2 Å². The van der Waals surface area contributed by atoms with Gasteiger partial charge in [0.1, 0.15) is 0 Å². The first kappa shape index (κ1) is 14.9. The van der Waals surface area contributed by atoms with Gasteiger partial charge < -0.3 is 9.84 Å². The molecule has 1 aromatic rings. The smallest absolute Gasteiger partial charge is 0.339 e. The van der Waals surface area contributed by atoms with Crippen LogP contribution < -0.4 is 5.32 Å². The fourth-order valence-corrected chi connectivity index (χ4v) is 1.56. The Kier molecular flexibility index (Phi) is 4.37. The zero-order valence-electron chi connectivity index (χ0n) is 10.9. The van der Waals surface area contributed by atoms with E-state index in [9.17, 15) is 13.2 Å². The molecule has 0 aliphatic heterocycles. The van der Waals surface area contributed by atoms with Crippen molar-refractivity contribution in [2.45, 2.75) is 46.3 Å². The van der Waals surface area contributed by atoms with Gasteiger partial charge in [-0.1, -0.05) is 32.9 Å². The predicted octanol–water partition coefficient (Wildman–Crippen LogP) is 2.66. The fourth-order valence-electron chi connectivity index (χ4n) is 1.56. The summed E-state index contributed by atoms with van der Waals surface area (Å²) in [5.74, 6) is -1.22. The molecular formula is C11H18F3N3O. The summed E-state index contributed by atoms with van der Waals surface area (Å²) in [6, 6.07) is -0.0240. The zero-order valence-corrected chi connectivity index (χ0v) is 10.9. The van der Waals surface area contributed by atoms with E-state index in [0.29, 0.717) is 0 Å². The first-order chi connectivity index (χ1) is 8.14. The highest BCUT2D eigenvalue weighted by atomic mass is 19.4. The maximum Gasteiger partial charge on any atom is 0.455 e. The molecule has 104 valence electrons. The van der Waals surface area contributed by atoms with Crippen molar-refractivity contribution in [2.75, 3.05) is 6.54 Å². The van der Waals surface area contributed by atoms with Crippen molar-refractivity contribution < 1.29 is 17.7 Å². The fraction of sp³-hybridized carbons (Fsp3) is 0.818. The maximum atomic E-state index is 12.3. The molecule has 0 aromatic carbocycles. The molecule has 1 N–H and O–H groups in total. The van der Waals surface area contributed by atoms with Gasteiger partial charge in [-0.05, 0) is 12.0 Å². The van der Waals surface area contributed by atoms with Gasteiger partial charge in [-0.3, -0.25) is 0 Å². The van der Waals surface area contributed by atoms with Crippen LogP contribution in [0.3, 0.4) is 0 Å². The van der Waals surface area contributed by atoms with Crippen molar-refractivity contribution >= 4 is 0 Å². The lowest BCUT2D eigenvalue weighted by atomic mass is 9.84. The standard InChI is InChI=1S/C11H18F3N3O/c1-5-15-7(10(2,3)4)6-8-16-9(17-18-8)11(12,13)14/h7,15H,5-6H2,1-4H3. The molecule has 1 rings (SSSR count). The van der Waals surface area contributed by atoms with Gasteiger partial charge in [0.2, 0.25) is 5.89 Å². The van der Waals surface area contributed by atoms with Gasteiger partial charge in [0.25, 0.3) is 5.82 Å². The van der Waals surface area contributed by atoms with Crippen LogP contribution in [0.5, 0.6) is 0 Å². The molecule has 1 heterocycles. The summed E-state index contributed by atoms with van der Waals surface area (Å²) in [6.45, 7) is 8.67. The number of nitrogens with zero attached hydrogens (tertiary/aromatic N) is 2. The quantitative estimate of drug-likeness (QED) is 0.909. The van der Waals surface area contributed by atoms with E-state index in [1.54, 1.807) is 0 Å². The van der Waals surface area contributed by atoms with Crippen LogP contribution in [0.2, 0.25) is 0 Å². The molecule has 0 fully saturated rings. The molecule has 7 heteroatoms. The highest BCUT2D eigenvalue weighted by Gasteiger charge is 2.37. The molecule has 0 amide bonds. The van der Waals surface area contributed by atoms with Gasteiger partial charge in [-0.15, -0.1) is 0 Å². The van der Waals surface area contributed by atoms with Crippen molar-refractivity contribution in [1.82, 2.24) is 15.5 Å². The number of halogens is 3. The number of hydrogen-bond donors (Lipinski definition) is 1. The lowest BCUT2D eigenvalue weighted by Gasteiger charge is -2.30. The monoisotopic (exact) mass is 265 g/mol. The largest absolute Gasteiger partial charge is 0.455 e. The van der Waals surface area contributed by atoms with Crippen molar-refractivity contribution in [3.63, 3.8) is 0 Å². The first-order valence-corrected chi connectivity index (χ1v) is 5.77. The normalized spacial score (nSPS) is 14.8. The Hall–Kier alpha value is -1.11. The van der Waals surface area contributed by atoms with Crippen molar-refractivity contribution in [3.8, 4) is 0 Å². The van der Waals surface area contributed by atoms with E-state index >= 15 is 0 Å². The third-order valence-electron chi connectivity index (χ3n) is 2.60. The Morgan fingerprint density at radius 1 is 1.28 bits per heavy atom. The number of likely N-dealkylation sites (N-methyl/N-ethyl adjacent to an activating group) is 1. The second-order valence-corrected chi connectivity index (χ2v) is 5.19. The van der Waals surface area contributed by atoms with Gasteiger partial charge in [0.15, 0.2) is 0 Å². The number of nitrogens with one attached hydrogen (secondary N) is 1. The molecule has 0 saturated carbocycles. The zero-order chi connectivity index (χ0) is 14.0. The van der Waals surface area contributed by atoms with Gasteiger partial charge >= 0.3 is 6.18 Å². The average molecular weight is 265 g/mol. The van der Waals surface area contributed by atoms with Crippen LogP contribution in [0, 0.1) is 5.41 Å². The average Bonchev–Trinajstić information content (AvgIpc) is 2.63. The minimum atomic E-state index is -4.56. The molecule has 1 atom stereocenters. The van der Waals surface area contributed by atoms with E-state index in [2.05, 4.69) is 20.0 Å². The summed E-state index contributed by atoms with van der Waals surface area (Å²) < 4.78 is 41.6. The van der Waals surface area contributed by atoms with Crippen LogP contribution in [0.1, 0.15) is 39.4 Å². The van der Waals surface area contributed by atoms with Crippen molar-refractivity contribution in [2.24, 2.45) is 5.41 Å². The Labute approximate surface area is 104 Å². The number of hydrogen-bond acceptors (Lipinski definition) is 4. The molecule has 0 spiro atoms. The molecule has 0 aliphatic rings. The van der Waals surface area contributed by atoms with E-state index in [1.807, 2.05) is 27.7 Å². The van der Waals surface area contributed by atoms with E-state index in [4.69, 9.17) is 0 Å². The summed E-state index contributed by atoms with van der Waals surface area (Å²) in [6.07, 6.45) is -4.28. The lowest BCUT2D eigenvalue weighted by Crippen LogP contribution is -2.42. The predicted molar refractivity (Wildman–Crippen MR) is 59.9 cm³/mol. The van der Waals surface area contributed by atoms with Gasteiger partial charge in [0.05, 0.1) is 0 Å². The van der Waals surface area contributed by atoms with Gasteiger partial charge in [-0.25, -0.2) is 0 Å². The first-order valence-electron chi connectivity index (χ1n) is 5.77. The Bertz CT molecular complexity index is 382. The molecule has 4 nitrogen and oxygen atoms in total.